The zero-order valence-corrected chi connectivity index (χ0v) is 8.71. The molecule has 0 radical (unpaired) electrons. The Balaban J connectivity index is 2.24. The van der Waals surface area contributed by atoms with Crippen molar-refractivity contribution >= 4 is 0 Å². The number of ether oxygens (including phenoxy) is 2. The van der Waals surface area contributed by atoms with Crippen LogP contribution in [0.1, 0.15) is 39.5 Å². The van der Waals surface area contributed by atoms with E-state index in [0.29, 0.717) is 13.2 Å². The first-order valence-electron chi connectivity index (χ1n) is 5.22. The van der Waals surface area contributed by atoms with Gasteiger partial charge in [-0.15, -0.1) is 0 Å². The number of rotatable bonds is 5. The summed E-state index contributed by atoms with van der Waals surface area (Å²) in [5, 5.41) is 0. The highest BCUT2D eigenvalue weighted by atomic mass is 16.7. The summed E-state index contributed by atoms with van der Waals surface area (Å²) in [5.74, 6) is -0.520. The van der Waals surface area contributed by atoms with Crippen LogP contribution in [0.3, 0.4) is 0 Å². The molecule has 1 rings (SSSR count). The fraction of sp³-hybridized carbons (Fsp3) is 1.00. The van der Waals surface area contributed by atoms with Crippen molar-refractivity contribution in [3.05, 3.63) is 0 Å². The van der Waals surface area contributed by atoms with Crippen LogP contribution in [0.5, 0.6) is 0 Å². The number of unbranched alkanes of at least 4 members (excludes halogenated alkanes) is 2. The Labute approximate surface area is 80.6 Å². The normalized spacial score (nSPS) is 23.3. The zero-order chi connectivity index (χ0) is 9.73. The second-order valence-corrected chi connectivity index (χ2v) is 3.82. The molecule has 2 N–H and O–H groups in total. The molecule has 1 aliphatic heterocycles. The lowest BCUT2D eigenvalue weighted by atomic mass is 10.0. The fourth-order valence-electron chi connectivity index (χ4n) is 1.62. The minimum Gasteiger partial charge on any atom is -0.346 e. The van der Waals surface area contributed by atoms with Crippen molar-refractivity contribution in [1.82, 2.24) is 0 Å². The number of hydrogen-bond donors (Lipinski definition) is 1. The topological polar surface area (TPSA) is 44.5 Å². The van der Waals surface area contributed by atoms with Crippen LogP contribution in [0.15, 0.2) is 0 Å². The molecular weight excluding hydrogens is 166 g/mol. The van der Waals surface area contributed by atoms with Gasteiger partial charge in [0.2, 0.25) is 0 Å². The minimum atomic E-state index is -0.520. The van der Waals surface area contributed by atoms with E-state index < -0.39 is 5.79 Å². The predicted molar refractivity (Wildman–Crippen MR) is 52.4 cm³/mol. The van der Waals surface area contributed by atoms with Gasteiger partial charge in [-0.2, -0.15) is 0 Å². The molecule has 1 fully saturated rings. The monoisotopic (exact) mass is 187 g/mol. The largest absolute Gasteiger partial charge is 0.346 e. The van der Waals surface area contributed by atoms with Gasteiger partial charge in [0.1, 0.15) is 0 Å². The van der Waals surface area contributed by atoms with Crippen molar-refractivity contribution < 1.29 is 9.47 Å². The van der Waals surface area contributed by atoms with Gasteiger partial charge in [0.25, 0.3) is 0 Å². The standard InChI is InChI=1S/C10H21NO2/c1-3-4-5-6-9(11)10(2)12-7-8-13-10/h9H,3-8,11H2,1-2H3. The molecule has 3 heteroatoms. The van der Waals surface area contributed by atoms with Gasteiger partial charge < -0.3 is 15.2 Å². The van der Waals surface area contributed by atoms with Crippen LogP contribution >= 0.6 is 0 Å². The number of hydrogen-bond acceptors (Lipinski definition) is 3. The van der Waals surface area contributed by atoms with E-state index in [0.717, 1.165) is 6.42 Å². The van der Waals surface area contributed by atoms with Crippen molar-refractivity contribution in [2.75, 3.05) is 13.2 Å². The summed E-state index contributed by atoms with van der Waals surface area (Å²) in [6, 6.07) is 0.0153. The Bertz CT molecular complexity index is 144. The van der Waals surface area contributed by atoms with E-state index in [1.165, 1.54) is 19.3 Å². The van der Waals surface area contributed by atoms with Gasteiger partial charge in [-0.05, 0) is 13.3 Å². The van der Waals surface area contributed by atoms with E-state index in [1.54, 1.807) is 0 Å². The summed E-state index contributed by atoms with van der Waals surface area (Å²) in [5.41, 5.74) is 6.00. The lowest BCUT2D eigenvalue weighted by Crippen LogP contribution is -2.46. The summed E-state index contributed by atoms with van der Waals surface area (Å²) in [7, 11) is 0. The zero-order valence-electron chi connectivity index (χ0n) is 8.71. The Hall–Kier alpha value is -0.120. The first kappa shape index (κ1) is 11.0. The number of nitrogens with two attached hydrogens (primary N) is 1. The Morgan fingerprint density at radius 1 is 1.31 bits per heavy atom. The van der Waals surface area contributed by atoms with Gasteiger partial charge in [-0.25, -0.2) is 0 Å². The van der Waals surface area contributed by atoms with E-state index in [-0.39, 0.29) is 6.04 Å². The lowest BCUT2D eigenvalue weighted by molar-refractivity contribution is -0.159. The molecular formula is C10H21NO2. The molecule has 1 atom stereocenters. The predicted octanol–water partition coefficient (Wildman–Crippen LogP) is 1.66. The maximum Gasteiger partial charge on any atom is 0.180 e. The third-order valence-electron chi connectivity index (χ3n) is 2.65. The summed E-state index contributed by atoms with van der Waals surface area (Å²) < 4.78 is 11.0. The first-order valence-corrected chi connectivity index (χ1v) is 5.22. The highest BCUT2D eigenvalue weighted by molar-refractivity contribution is 4.81. The third kappa shape index (κ3) is 2.93. The molecule has 1 saturated heterocycles. The van der Waals surface area contributed by atoms with Crippen LogP contribution in [0.25, 0.3) is 0 Å². The van der Waals surface area contributed by atoms with Gasteiger partial charge >= 0.3 is 0 Å². The second kappa shape index (κ2) is 4.94. The maximum absolute atomic E-state index is 6.00. The van der Waals surface area contributed by atoms with E-state index in [4.69, 9.17) is 15.2 Å². The fourth-order valence-corrected chi connectivity index (χ4v) is 1.62. The summed E-state index contributed by atoms with van der Waals surface area (Å²) in [4.78, 5) is 0. The van der Waals surface area contributed by atoms with Gasteiger partial charge in [-0.3, -0.25) is 0 Å². The van der Waals surface area contributed by atoms with E-state index >= 15 is 0 Å². The van der Waals surface area contributed by atoms with E-state index in [1.807, 2.05) is 6.92 Å². The Kier molecular flexibility index (Phi) is 4.16. The minimum absolute atomic E-state index is 0.0153. The average Bonchev–Trinajstić information content (AvgIpc) is 2.54. The van der Waals surface area contributed by atoms with Crippen LogP contribution in [0.2, 0.25) is 0 Å². The van der Waals surface area contributed by atoms with Gasteiger partial charge in [0, 0.05) is 0 Å². The van der Waals surface area contributed by atoms with Gasteiger partial charge in [0.15, 0.2) is 5.79 Å². The van der Waals surface area contributed by atoms with Crippen LogP contribution < -0.4 is 5.73 Å². The van der Waals surface area contributed by atoms with Gasteiger partial charge in [0.05, 0.1) is 19.3 Å². The van der Waals surface area contributed by atoms with E-state index in [2.05, 4.69) is 6.92 Å². The third-order valence-corrected chi connectivity index (χ3v) is 2.65. The molecule has 1 heterocycles. The molecule has 0 aromatic carbocycles. The smallest absolute Gasteiger partial charge is 0.180 e. The van der Waals surface area contributed by atoms with Crippen molar-refractivity contribution in [3.8, 4) is 0 Å². The molecule has 78 valence electrons. The van der Waals surface area contributed by atoms with Crippen molar-refractivity contribution in [2.45, 2.75) is 51.4 Å². The highest BCUT2D eigenvalue weighted by Gasteiger charge is 2.36. The lowest BCUT2D eigenvalue weighted by Gasteiger charge is -2.29. The average molecular weight is 187 g/mol. The van der Waals surface area contributed by atoms with Gasteiger partial charge in [-0.1, -0.05) is 26.2 Å². The Morgan fingerprint density at radius 3 is 2.46 bits per heavy atom. The molecule has 1 unspecified atom stereocenters. The maximum atomic E-state index is 6.00. The molecule has 0 amide bonds. The summed E-state index contributed by atoms with van der Waals surface area (Å²) >= 11 is 0. The van der Waals surface area contributed by atoms with Crippen LogP contribution in [0.4, 0.5) is 0 Å². The summed E-state index contributed by atoms with van der Waals surface area (Å²) in [6.45, 7) is 5.49. The molecule has 0 saturated carbocycles. The highest BCUT2D eigenvalue weighted by Crippen LogP contribution is 2.24. The van der Waals surface area contributed by atoms with E-state index in [9.17, 15) is 0 Å². The van der Waals surface area contributed by atoms with Crippen LogP contribution in [-0.2, 0) is 9.47 Å². The molecule has 0 aliphatic carbocycles. The second-order valence-electron chi connectivity index (χ2n) is 3.82. The molecule has 13 heavy (non-hydrogen) atoms. The quantitative estimate of drug-likeness (QED) is 0.666. The molecule has 0 spiro atoms. The van der Waals surface area contributed by atoms with Crippen LogP contribution in [-0.4, -0.2) is 25.0 Å². The molecule has 3 nitrogen and oxygen atoms in total. The SMILES string of the molecule is CCCCCC(N)C1(C)OCCO1. The van der Waals surface area contributed by atoms with Crippen molar-refractivity contribution in [1.29, 1.82) is 0 Å². The molecule has 1 aliphatic rings. The Morgan fingerprint density at radius 2 is 1.92 bits per heavy atom. The molecule has 0 aromatic heterocycles. The molecule has 0 bridgehead atoms. The first-order chi connectivity index (χ1) is 6.19. The van der Waals surface area contributed by atoms with Crippen LogP contribution in [0, 0.1) is 0 Å². The molecule has 0 aromatic rings. The summed E-state index contributed by atoms with van der Waals surface area (Å²) in [6.07, 6.45) is 4.62. The van der Waals surface area contributed by atoms with Crippen molar-refractivity contribution in [3.63, 3.8) is 0 Å². The van der Waals surface area contributed by atoms with Crippen molar-refractivity contribution in [2.24, 2.45) is 5.73 Å².